The molecule has 0 aliphatic rings. The van der Waals surface area contributed by atoms with Crippen molar-refractivity contribution in [3.63, 3.8) is 0 Å². The highest BCUT2D eigenvalue weighted by atomic mass is 35.5. The monoisotopic (exact) mass is 333 g/mol. The molecule has 0 radical (unpaired) electrons. The summed E-state index contributed by atoms with van der Waals surface area (Å²) in [6.07, 6.45) is 0. The van der Waals surface area contributed by atoms with Gasteiger partial charge in [-0.3, -0.25) is 4.79 Å². The van der Waals surface area contributed by atoms with Crippen LogP contribution < -0.4 is 5.32 Å². The summed E-state index contributed by atoms with van der Waals surface area (Å²) >= 11 is 7.23. The number of thioether (sulfide) groups is 1. The number of carbonyl (C=O) groups is 1. The SMILES string of the molecule is Cc1nnc2ccc(SCC(=O)Nc3cccc(Cl)c3)nn12. The van der Waals surface area contributed by atoms with Crippen LogP contribution in [0.25, 0.3) is 5.65 Å². The van der Waals surface area contributed by atoms with Crippen molar-refractivity contribution in [1.82, 2.24) is 19.8 Å². The third kappa shape index (κ3) is 3.37. The van der Waals surface area contributed by atoms with Crippen molar-refractivity contribution in [3.8, 4) is 0 Å². The van der Waals surface area contributed by atoms with Gasteiger partial charge in [0.2, 0.25) is 5.91 Å². The number of rotatable bonds is 4. The minimum absolute atomic E-state index is 0.116. The van der Waals surface area contributed by atoms with Gasteiger partial charge in [-0.1, -0.05) is 29.4 Å². The third-order valence-corrected chi connectivity index (χ3v) is 4.01. The summed E-state index contributed by atoms with van der Waals surface area (Å²) in [6, 6.07) is 10.7. The molecule has 22 heavy (non-hydrogen) atoms. The van der Waals surface area contributed by atoms with E-state index in [2.05, 4.69) is 20.6 Å². The highest BCUT2D eigenvalue weighted by Crippen LogP contribution is 2.18. The molecule has 0 unspecified atom stereocenters. The molecule has 2 heterocycles. The van der Waals surface area contributed by atoms with Gasteiger partial charge in [0.1, 0.15) is 5.03 Å². The van der Waals surface area contributed by atoms with Crippen LogP contribution in [0.5, 0.6) is 0 Å². The van der Waals surface area contributed by atoms with Gasteiger partial charge in [-0.2, -0.15) is 9.61 Å². The first-order chi connectivity index (χ1) is 10.6. The molecule has 0 fully saturated rings. The summed E-state index contributed by atoms with van der Waals surface area (Å²) in [7, 11) is 0. The lowest BCUT2D eigenvalue weighted by Crippen LogP contribution is -2.14. The average Bonchev–Trinajstić information content (AvgIpc) is 2.86. The normalized spacial score (nSPS) is 10.8. The number of hydrogen-bond donors (Lipinski definition) is 1. The zero-order valence-corrected chi connectivity index (χ0v) is 13.2. The molecule has 1 N–H and O–H groups in total. The molecule has 0 aliphatic heterocycles. The summed E-state index contributed by atoms with van der Waals surface area (Å²) in [6.45, 7) is 1.83. The van der Waals surface area contributed by atoms with Crippen LogP contribution in [0, 0.1) is 6.92 Å². The third-order valence-electron chi connectivity index (χ3n) is 2.85. The van der Waals surface area contributed by atoms with Gasteiger partial charge in [-0.05, 0) is 37.3 Å². The van der Waals surface area contributed by atoms with Gasteiger partial charge >= 0.3 is 0 Å². The molecule has 0 aliphatic carbocycles. The summed E-state index contributed by atoms with van der Waals surface area (Å²) in [5, 5.41) is 16.4. The van der Waals surface area contributed by atoms with Crippen LogP contribution in [0.2, 0.25) is 5.02 Å². The molecule has 0 spiro atoms. The number of fused-ring (bicyclic) bond motifs is 1. The Bertz CT molecular complexity index is 835. The Balaban J connectivity index is 1.63. The molecule has 2 aromatic heterocycles. The first-order valence-electron chi connectivity index (χ1n) is 6.49. The quantitative estimate of drug-likeness (QED) is 0.743. The van der Waals surface area contributed by atoms with Crippen LogP contribution in [-0.4, -0.2) is 31.5 Å². The first-order valence-corrected chi connectivity index (χ1v) is 7.85. The lowest BCUT2D eigenvalue weighted by Gasteiger charge is -2.05. The smallest absolute Gasteiger partial charge is 0.234 e. The Kier molecular flexibility index (Phi) is 4.26. The average molecular weight is 334 g/mol. The number of aromatic nitrogens is 4. The predicted octanol–water partition coefficient (Wildman–Crippen LogP) is 2.82. The minimum Gasteiger partial charge on any atom is -0.325 e. The molecule has 0 saturated heterocycles. The number of hydrogen-bond acceptors (Lipinski definition) is 5. The Morgan fingerprint density at radius 2 is 2.18 bits per heavy atom. The maximum atomic E-state index is 11.9. The molecule has 0 bridgehead atoms. The molecular formula is C14H12ClN5OS. The van der Waals surface area contributed by atoms with Gasteiger partial charge in [0.05, 0.1) is 5.75 Å². The minimum atomic E-state index is -0.116. The van der Waals surface area contributed by atoms with E-state index in [1.54, 1.807) is 28.8 Å². The van der Waals surface area contributed by atoms with Crippen LogP contribution in [0.15, 0.2) is 41.4 Å². The standard InChI is InChI=1S/C14H12ClN5OS/c1-9-17-18-12-5-6-14(19-20(9)12)22-8-13(21)16-11-4-2-3-10(15)7-11/h2-7H,8H2,1H3,(H,16,21). The van der Waals surface area contributed by atoms with E-state index in [-0.39, 0.29) is 11.7 Å². The van der Waals surface area contributed by atoms with Crippen LogP contribution in [0.1, 0.15) is 5.82 Å². The summed E-state index contributed by atoms with van der Waals surface area (Å²) in [5.74, 6) is 0.849. The van der Waals surface area contributed by atoms with E-state index in [0.29, 0.717) is 22.2 Å². The van der Waals surface area contributed by atoms with E-state index in [9.17, 15) is 4.79 Å². The topological polar surface area (TPSA) is 72.2 Å². The van der Waals surface area contributed by atoms with Crippen molar-refractivity contribution < 1.29 is 4.79 Å². The summed E-state index contributed by atoms with van der Waals surface area (Å²) in [5.41, 5.74) is 1.36. The zero-order valence-electron chi connectivity index (χ0n) is 11.7. The Morgan fingerprint density at radius 1 is 1.32 bits per heavy atom. The zero-order chi connectivity index (χ0) is 15.5. The number of halogens is 1. The van der Waals surface area contributed by atoms with Crippen molar-refractivity contribution in [3.05, 3.63) is 47.2 Å². The molecule has 1 amide bonds. The maximum absolute atomic E-state index is 11.9. The number of benzene rings is 1. The van der Waals surface area contributed by atoms with Crippen LogP contribution in [-0.2, 0) is 4.79 Å². The fraction of sp³-hybridized carbons (Fsp3) is 0.143. The highest BCUT2D eigenvalue weighted by molar-refractivity contribution is 7.99. The molecule has 0 saturated carbocycles. The van der Waals surface area contributed by atoms with Gasteiger partial charge in [-0.25, -0.2) is 0 Å². The van der Waals surface area contributed by atoms with Crippen LogP contribution >= 0.6 is 23.4 Å². The van der Waals surface area contributed by atoms with Gasteiger partial charge < -0.3 is 5.32 Å². The second kappa shape index (κ2) is 6.33. The van der Waals surface area contributed by atoms with Crippen molar-refractivity contribution in [2.45, 2.75) is 11.9 Å². The number of amides is 1. The molecule has 1 aromatic carbocycles. The Labute approximate surface area is 135 Å². The second-order valence-corrected chi connectivity index (χ2v) is 5.97. The van der Waals surface area contributed by atoms with Crippen LogP contribution in [0.3, 0.4) is 0 Å². The fourth-order valence-corrected chi connectivity index (χ4v) is 2.70. The number of nitrogens with one attached hydrogen (secondary N) is 1. The summed E-state index contributed by atoms with van der Waals surface area (Å²) in [4.78, 5) is 11.9. The van der Waals surface area contributed by atoms with Crippen molar-refractivity contribution in [2.24, 2.45) is 0 Å². The van der Waals surface area contributed by atoms with E-state index in [4.69, 9.17) is 11.6 Å². The van der Waals surface area contributed by atoms with Gasteiger partial charge in [0.25, 0.3) is 0 Å². The van der Waals surface area contributed by atoms with Gasteiger partial charge in [-0.15, -0.1) is 10.2 Å². The number of anilines is 1. The lowest BCUT2D eigenvalue weighted by atomic mass is 10.3. The van der Waals surface area contributed by atoms with Crippen molar-refractivity contribution in [1.29, 1.82) is 0 Å². The van der Waals surface area contributed by atoms with E-state index in [1.165, 1.54) is 11.8 Å². The number of nitrogens with zero attached hydrogens (tertiary/aromatic N) is 4. The predicted molar refractivity (Wildman–Crippen MR) is 86.3 cm³/mol. The molecule has 8 heteroatoms. The van der Waals surface area contributed by atoms with E-state index in [0.717, 1.165) is 5.03 Å². The van der Waals surface area contributed by atoms with E-state index >= 15 is 0 Å². The van der Waals surface area contributed by atoms with Gasteiger partial charge in [0.15, 0.2) is 11.5 Å². The number of carbonyl (C=O) groups excluding carboxylic acids is 1. The molecule has 3 rings (SSSR count). The molecule has 112 valence electrons. The highest BCUT2D eigenvalue weighted by Gasteiger charge is 2.07. The van der Waals surface area contributed by atoms with Gasteiger partial charge in [0, 0.05) is 10.7 Å². The molecule has 0 atom stereocenters. The Hall–Kier alpha value is -2.12. The first kappa shape index (κ1) is 14.8. The Morgan fingerprint density at radius 3 is 3.00 bits per heavy atom. The largest absolute Gasteiger partial charge is 0.325 e. The van der Waals surface area contributed by atoms with Crippen molar-refractivity contribution in [2.75, 3.05) is 11.1 Å². The maximum Gasteiger partial charge on any atom is 0.234 e. The van der Waals surface area contributed by atoms with E-state index in [1.807, 2.05) is 19.1 Å². The van der Waals surface area contributed by atoms with E-state index < -0.39 is 0 Å². The molecule has 6 nitrogen and oxygen atoms in total. The summed E-state index contributed by atoms with van der Waals surface area (Å²) < 4.78 is 1.65. The lowest BCUT2D eigenvalue weighted by molar-refractivity contribution is -0.113. The van der Waals surface area contributed by atoms with Crippen molar-refractivity contribution >= 4 is 40.6 Å². The fourth-order valence-electron chi connectivity index (χ4n) is 1.86. The second-order valence-electron chi connectivity index (χ2n) is 4.54. The number of aryl methyl sites for hydroxylation is 1. The molecule has 3 aromatic rings. The molecular weight excluding hydrogens is 322 g/mol. The van der Waals surface area contributed by atoms with Crippen LogP contribution in [0.4, 0.5) is 5.69 Å².